The Morgan fingerprint density at radius 3 is 2.75 bits per heavy atom. The van der Waals surface area contributed by atoms with Gasteiger partial charge in [0.2, 0.25) is 5.88 Å². The third kappa shape index (κ3) is 6.79. The van der Waals surface area contributed by atoms with E-state index in [1.54, 1.807) is 18.2 Å². The second kappa shape index (κ2) is 13.8. The Labute approximate surface area is 304 Å². The highest BCUT2D eigenvalue weighted by Crippen LogP contribution is 2.42. The first-order valence-corrected chi connectivity index (χ1v) is 18.2. The Kier molecular flexibility index (Phi) is 8.70. The molecule has 0 unspecified atom stereocenters. The van der Waals surface area contributed by atoms with Crippen LogP contribution in [0.25, 0.3) is 27.5 Å². The first-order valence-electron chi connectivity index (χ1n) is 17.8. The van der Waals surface area contributed by atoms with Crippen LogP contribution in [0, 0.1) is 5.82 Å². The first kappa shape index (κ1) is 32.8. The summed E-state index contributed by atoms with van der Waals surface area (Å²) in [5.74, 6) is 1.32. The number of fused-ring (bicyclic) bond motifs is 2. The number of hydrogen-bond acceptors (Lipinski definition) is 7. The summed E-state index contributed by atoms with van der Waals surface area (Å²) >= 11 is 5.88. The molecule has 2 N–H and O–H groups in total. The molecule has 3 aliphatic rings. The number of imidazole rings is 1. The van der Waals surface area contributed by atoms with E-state index in [1.165, 1.54) is 6.07 Å². The summed E-state index contributed by atoms with van der Waals surface area (Å²) in [5.41, 5.74) is 7.56. The molecule has 3 aromatic carbocycles. The second-order valence-corrected chi connectivity index (χ2v) is 14.3. The lowest BCUT2D eigenvalue weighted by Crippen LogP contribution is -2.33. The van der Waals surface area contributed by atoms with Crippen molar-refractivity contribution in [1.29, 1.82) is 0 Å². The fraction of sp³-hybridized carbons (Fsp3) is 0.300. The molecular weight excluding hydrogens is 681 g/mol. The third-order valence-electron chi connectivity index (χ3n) is 10.2. The number of pyridine rings is 1. The molecule has 10 nitrogen and oxygen atoms in total. The van der Waals surface area contributed by atoms with Gasteiger partial charge in [-0.15, -0.1) is 0 Å². The number of H-pyrrole nitrogens is 1. The van der Waals surface area contributed by atoms with E-state index in [0.29, 0.717) is 34.5 Å². The Morgan fingerprint density at radius 2 is 1.96 bits per heavy atom. The van der Waals surface area contributed by atoms with Crippen molar-refractivity contribution in [3.63, 3.8) is 0 Å². The van der Waals surface area contributed by atoms with E-state index in [0.717, 1.165) is 102 Å². The molecule has 6 aromatic rings. The number of rotatable bonds is 11. The number of carbonyl (C=O) groups is 1. The SMILES string of the molecule is O=C(Nc1ccc2[nH]nc(C3CC3)c2c1)c1ccc2c(c1)nc(CN1CC=C(c3cccc(OCc4ccc(Cl)cc4F)n3)CC1)n2C[C@@H]1CCO1. The second-order valence-electron chi connectivity index (χ2n) is 13.8. The first-order chi connectivity index (χ1) is 25.4. The smallest absolute Gasteiger partial charge is 0.255 e. The van der Waals surface area contributed by atoms with Crippen LogP contribution in [0.2, 0.25) is 5.02 Å². The number of amides is 1. The predicted molar refractivity (Wildman–Crippen MR) is 198 cm³/mol. The summed E-state index contributed by atoms with van der Waals surface area (Å²) in [4.78, 5) is 25.6. The minimum absolute atomic E-state index is 0.0642. The van der Waals surface area contributed by atoms with Crippen molar-refractivity contribution in [2.45, 2.75) is 57.4 Å². The van der Waals surface area contributed by atoms with Crippen LogP contribution in [0.3, 0.4) is 0 Å². The van der Waals surface area contributed by atoms with E-state index < -0.39 is 5.82 Å². The van der Waals surface area contributed by atoms with Crippen molar-refractivity contribution in [2.24, 2.45) is 0 Å². The molecule has 1 saturated heterocycles. The van der Waals surface area contributed by atoms with E-state index in [2.05, 4.69) is 31.1 Å². The van der Waals surface area contributed by atoms with E-state index in [-0.39, 0.29) is 18.6 Å². The van der Waals surface area contributed by atoms with E-state index in [9.17, 15) is 9.18 Å². The van der Waals surface area contributed by atoms with Crippen molar-refractivity contribution in [3.05, 3.63) is 118 Å². The van der Waals surface area contributed by atoms with E-state index >= 15 is 0 Å². The number of halogens is 2. The molecule has 264 valence electrons. The zero-order chi connectivity index (χ0) is 35.2. The van der Waals surface area contributed by atoms with Gasteiger partial charge in [-0.3, -0.25) is 14.8 Å². The van der Waals surface area contributed by atoms with Gasteiger partial charge >= 0.3 is 0 Å². The lowest BCUT2D eigenvalue weighted by Gasteiger charge is -2.29. The normalized spacial score (nSPS) is 17.7. The number of hydrogen-bond donors (Lipinski definition) is 2. The number of anilines is 1. The lowest BCUT2D eigenvalue weighted by molar-refractivity contribution is -0.0591. The summed E-state index contributed by atoms with van der Waals surface area (Å²) < 4.78 is 28.1. The van der Waals surface area contributed by atoms with Gasteiger partial charge < -0.3 is 19.4 Å². The van der Waals surface area contributed by atoms with Crippen molar-refractivity contribution in [2.75, 3.05) is 25.0 Å². The number of carbonyl (C=O) groups excluding carboxylic acids is 1. The lowest BCUT2D eigenvalue weighted by atomic mass is 10.0. The standard InChI is InChI=1S/C40H37ClFN7O3/c41-28-8-6-27(32(42)19-28)23-52-38-3-1-2-33(45-38)24-12-15-48(16-13-24)22-37-44-35-18-26(7-11-36(35)49(37)21-30-14-17-51-30)40(50)43-29-9-10-34-31(20-29)39(47-46-34)25-4-5-25/h1-3,6-12,18-20,25,30H,4-5,13-17,21-23H2,(H,43,50)(H,46,47)/t30-/m0/s1. The number of aromatic amines is 1. The maximum Gasteiger partial charge on any atom is 0.255 e. The van der Waals surface area contributed by atoms with Crippen LogP contribution in [0.1, 0.15) is 64.7 Å². The Balaban J connectivity index is 0.895. The van der Waals surface area contributed by atoms with Crippen LogP contribution in [0.5, 0.6) is 5.88 Å². The van der Waals surface area contributed by atoms with Gasteiger partial charge in [-0.25, -0.2) is 14.4 Å². The topological polar surface area (TPSA) is 110 Å². The minimum atomic E-state index is -0.403. The summed E-state index contributed by atoms with van der Waals surface area (Å²) in [6, 6.07) is 21.9. The summed E-state index contributed by atoms with van der Waals surface area (Å²) in [6.45, 7) is 3.78. The molecule has 1 saturated carbocycles. The molecule has 12 heteroatoms. The van der Waals surface area contributed by atoms with Crippen molar-refractivity contribution in [3.8, 4) is 5.88 Å². The van der Waals surface area contributed by atoms with Gasteiger partial charge in [0, 0.05) is 58.9 Å². The summed E-state index contributed by atoms with van der Waals surface area (Å²) in [6.07, 6.45) is 6.50. The van der Waals surface area contributed by atoms with Crippen molar-refractivity contribution in [1.82, 2.24) is 29.6 Å². The zero-order valence-corrected chi connectivity index (χ0v) is 29.2. The quantitative estimate of drug-likeness (QED) is 0.140. The van der Waals surface area contributed by atoms with Crippen LogP contribution in [0.15, 0.2) is 78.9 Å². The molecule has 1 aliphatic carbocycles. The van der Waals surface area contributed by atoms with Crippen LogP contribution in [0.4, 0.5) is 10.1 Å². The van der Waals surface area contributed by atoms with Crippen molar-refractivity contribution >= 4 is 50.7 Å². The molecule has 9 rings (SSSR count). The fourth-order valence-corrected chi connectivity index (χ4v) is 7.17. The monoisotopic (exact) mass is 717 g/mol. The minimum Gasteiger partial charge on any atom is -0.473 e. The summed E-state index contributed by atoms with van der Waals surface area (Å²) in [7, 11) is 0. The average molecular weight is 718 g/mol. The molecular formula is C40H37ClFN7O3. The molecule has 52 heavy (non-hydrogen) atoms. The van der Waals surface area contributed by atoms with Gasteiger partial charge in [0.05, 0.1) is 47.1 Å². The van der Waals surface area contributed by atoms with Gasteiger partial charge in [-0.05, 0) is 85.9 Å². The van der Waals surface area contributed by atoms with Gasteiger partial charge in [0.25, 0.3) is 5.91 Å². The molecule has 0 spiro atoms. The van der Waals surface area contributed by atoms with Gasteiger partial charge in [-0.1, -0.05) is 29.8 Å². The maximum atomic E-state index is 14.2. The zero-order valence-electron chi connectivity index (χ0n) is 28.4. The Bertz CT molecular complexity index is 2350. The number of aromatic nitrogens is 5. The van der Waals surface area contributed by atoms with Crippen LogP contribution < -0.4 is 10.1 Å². The predicted octanol–water partition coefficient (Wildman–Crippen LogP) is 7.89. The fourth-order valence-electron chi connectivity index (χ4n) is 7.01. The van der Waals surface area contributed by atoms with Crippen LogP contribution in [-0.4, -0.2) is 61.3 Å². The maximum absolute atomic E-state index is 14.2. The molecule has 0 radical (unpaired) electrons. The molecule has 2 aliphatic heterocycles. The van der Waals surface area contributed by atoms with Crippen LogP contribution in [-0.2, 0) is 24.4 Å². The summed E-state index contributed by atoms with van der Waals surface area (Å²) in [5, 5.41) is 12.1. The third-order valence-corrected chi connectivity index (χ3v) is 10.4. The van der Waals surface area contributed by atoms with Crippen LogP contribution >= 0.6 is 11.6 Å². The molecule has 5 heterocycles. The number of ether oxygens (including phenoxy) is 2. The largest absolute Gasteiger partial charge is 0.473 e. The molecule has 3 aromatic heterocycles. The molecule has 1 atom stereocenters. The van der Waals surface area contributed by atoms with Gasteiger partial charge in [0.1, 0.15) is 18.2 Å². The molecule has 1 amide bonds. The molecule has 2 fully saturated rings. The highest BCUT2D eigenvalue weighted by Gasteiger charge is 2.28. The van der Waals surface area contributed by atoms with Gasteiger partial charge in [0.15, 0.2) is 0 Å². The average Bonchev–Trinajstić information content (AvgIpc) is 3.80. The van der Waals surface area contributed by atoms with Crippen molar-refractivity contribution < 1.29 is 18.7 Å². The number of benzene rings is 3. The number of nitrogens with one attached hydrogen (secondary N) is 2. The highest BCUT2D eigenvalue weighted by atomic mass is 35.5. The Morgan fingerprint density at radius 1 is 1.06 bits per heavy atom. The molecule has 0 bridgehead atoms. The van der Waals surface area contributed by atoms with E-state index in [4.69, 9.17) is 31.0 Å². The van der Waals surface area contributed by atoms with Gasteiger partial charge in [-0.2, -0.15) is 5.10 Å². The Hall–Kier alpha value is -5.10. The highest BCUT2D eigenvalue weighted by molar-refractivity contribution is 6.30. The van der Waals surface area contributed by atoms with E-state index in [1.807, 2.05) is 48.5 Å². The number of nitrogens with zero attached hydrogens (tertiary/aromatic N) is 5.